The molecule has 1 aliphatic heterocycles. The average molecular weight is 372 g/mol. The van der Waals surface area contributed by atoms with E-state index in [0.717, 1.165) is 0 Å². The van der Waals surface area contributed by atoms with Crippen molar-refractivity contribution in [2.45, 2.75) is 17.4 Å². The number of hydrogen-bond acceptors (Lipinski definition) is 6. The molecule has 2 aromatic carbocycles. The number of non-ortho nitro benzene ring substituents is 1. The van der Waals surface area contributed by atoms with Crippen LogP contribution in [0, 0.1) is 21.4 Å². The summed E-state index contributed by atoms with van der Waals surface area (Å²) in [5, 5.41) is 22.9. The van der Waals surface area contributed by atoms with Crippen molar-refractivity contribution in [3.63, 3.8) is 0 Å². The Hall–Kier alpha value is -2.96. The lowest BCUT2D eigenvalue weighted by Crippen LogP contribution is -2.41. The van der Waals surface area contributed by atoms with E-state index in [1.807, 2.05) is 6.07 Å². The number of rotatable bonds is 5. The number of benzene rings is 2. The molecule has 1 N–H and O–H groups in total. The smallest absolute Gasteiger partial charge is 0.269 e. The molecule has 9 heteroatoms. The first-order chi connectivity index (χ1) is 12.4. The first-order valence-corrected chi connectivity index (χ1v) is 9.37. The lowest BCUT2D eigenvalue weighted by atomic mass is 10.2. The molecule has 26 heavy (non-hydrogen) atoms. The fourth-order valence-electron chi connectivity index (χ4n) is 2.92. The quantitative estimate of drug-likeness (QED) is 0.634. The maximum Gasteiger partial charge on any atom is 0.269 e. The molecule has 0 aliphatic carbocycles. The molecule has 0 saturated carbocycles. The van der Waals surface area contributed by atoms with Gasteiger partial charge in [-0.25, -0.2) is 8.42 Å². The van der Waals surface area contributed by atoms with Crippen LogP contribution < -0.4 is 9.62 Å². The van der Waals surface area contributed by atoms with Gasteiger partial charge in [0.2, 0.25) is 0 Å². The van der Waals surface area contributed by atoms with E-state index in [-0.39, 0.29) is 16.6 Å². The molecule has 2 aromatic rings. The number of hydrogen-bond donors (Lipinski definition) is 1. The van der Waals surface area contributed by atoms with Crippen LogP contribution in [0.25, 0.3) is 0 Å². The lowest BCUT2D eigenvalue weighted by Gasteiger charge is -2.30. The van der Waals surface area contributed by atoms with Gasteiger partial charge in [0.05, 0.1) is 33.2 Å². The van der Waals surface area contributed by atoms with Crippen LogP contribution in [-0.4, -0.2) is 32.5 Å². The van der Waals surface area contributed by atoms with Crippen molar-refractivity contribution in [1.29, 1.82) is 5.26 Å². The van der Waals surface area contributed by atoms with Gasteiger partial charge < -0.3 is 5.32 Å². The van der Waals surface area contributed by atoms with Crippen molar-refractivity contribution >= 4 is 21.4 Å². The molecule has 1 saturated heterocycles. The van der Waals surface area contributed by atoms with E-state index in [1.165, 1.54) is 28.6 Å². The number of nitro benzene ring substituents is 1. The second-order valence-corrected chi connectivity index (χ2v) is 7.67. The molecule has 0 radical (unpaired) electrons. The van der Waals surface area contributed by atoms with Crippen molar-refractivity contribution in [2.24, 2.45) is 0 Å². The minimum absolute atomic E-state index is 0.0145. The highest BCUT2D eigenvalue weighted by molar-refractivity contribution is 7.92. The zero-order valence-corrected chi connectivity index (χ0v) is 14.5. The van der Waals surface area contributed by atoms with E-state index in [4.69, 9.17) is 5.26 Å². The highest BCUT2D eigenvalue weighted by atomic mass is 32.2. The second kappa shape index (κ2) is 7.11. The van der Waals surface area contributed by atoms with Crippen LogP contribution in [0.4, 0.5) is 11.4 Å². The molecular formula is C17H16N4O4S. The van der Waals surface area contributed by atoms with Crippen molar-refractivity contribution in [3.05, 3.63) is 64.2 Å². The van der Waals surface area contributed by atoms with Crippen LogP contribution in [0.3, 0.4) is 0 Å². The van der Waals surface area contributed by atoms with Crippen molar-refractivity contribution in [1.82, 2.24) is 5.32 Å². The van der Waals surface area contributed by atoms with Gasteiger partial charge in [-0.2, -0.15) is 5.26 Å². The van der Waals surface area contributed by atoms with Gasteiger partial charge in [-0.1, -0.05) is 0 Å². The Morgan fingerprint density at radius 1 is 1.15 bits per heavy atom. The third-order valence-corrected chi connectivity index (χ3v) is 6.12. The van der Waals surface area contributed by atoms with Crippen LogP contribution in [0.15, 0.2) is 53.4 Å². The summed E-state index contributed by atoms with van der Waals surface area (Å²) in [6, 6.07) is 12.9. The molecule has 0 aromatic heterocycles. The van der Waals surface area contributed by atoms with Crippen LogP contribution in [0.1, 0.15) is 12.0 Å². The van der Waals surface area contributed by atoms with Gasteiger partial charge in [0.25, 0.3) is 15.7 Å². The molecule has 1 unspecified atom stereocenters. The Morgan fingerprint density at radius 2 is 1.81 bits per heavy atom. The number of nitrogens with zero attached hydrogens (tertiary/aromatic N) is 3. The molecule has 1 atom stereocenters. The summed E-state index contributed by atoms with van der Waals surface area (Å²) in [6.45, 7) is 1.21. The van der Waals surface area contributed by atoms with Gasteiger partial charge in [-0.3, -0.25) is 14.4 Å². The topological polar surface area (TPSA) is 116 Å². The summed E-state index contributed by atoms with van der Waals surface area (Å²) in [5.41, 5.74) is 0.721. The monoisotopic (exact) mass is 372 g/mol. The van der Waals surface area contributed by atoms with Gasteiger partial charge in [0.15, 0.2) is 0 Å². The zero-order chi connectivity index (χ0) is 18.7. The molecule has 0 bridgehead atoms. The fraction of sp³-hybridized carbons (Fsp3) is 0.235. The zero-order valence-electron chi connectivity index (χ0n) is 13.7. The van der Waals surface area contributed by atoms with E-state index in [0.29, 0.717) is 30.8 Å². The van der Waals surface area contributed by atoms with Gasteiger partial charge in [0.1, 0.15) is 0 Å². The molecule has 0 spiro atoms. The Balaban J connectivity index is 2.04. The van der Waals surface area contributed by atoms with Crippen LogP contribution >= 0.6 is 0 Å². The summed E-state index contributed by atoms with van der Waals surface area (Å²) in [4.78, 5) is 10.2. The van der Waals surface area contributed by atoms with Crippen LogP contribution in [0.2, 0.25) is 0 Å². The SMILES string of the molecule is N#Cc1ccc(N(C2CCNC2)S(=O)(=O)c2ccc([N+](=O)[O-])cc2)cc1. The largest absolute Gasteiger partial charge is 0.315 e. The fourth-order valence-corrected chi connectivity index (χ4v) is 4.60. The maximum atomic E-state index is 13.2. The number of anilines is 1. The third kappa shape index (κ3) is 3.37. The summed E-state index contributed by atoms with van der Waals surface area (Å²) >= 11 is 0. The van der Waals surface area contributed by atoms with E-state index in [1.54, 1.807) is 24.3 Å². The highest BCUT2D eigenvalue weighted by Crippen LogP contribution is 2.29. The average Bonchev–Trinajstić information content (AvgIpc) is 3.16. The minimum Gasteiger partial charge on any atom is -0.315 e. The molecule has 8 nitrogen and oxygen atoms in total. The van der Waals surface area contributed by atoms with Crippen molar-refractivity contribution < 1.29 is 13.3 Å². The van der Waals surface area contributed by atoms with E-state index in [9.17, 15) is 18.5 Å². The standard InChI is InChI=1S/C17H16N4O4S/c18-11-13-1-3-14(4-2-13)20(16-9-10-19-12-16)26(24,25)17-7-5-15(6-8-17)21(22)23/h1-8,16,19H,9-10,12H2. The predicted octanol–water partition coefficient (Wildman–Crippen LogP) is 2.02. The summed E-state index contributed by atoms with van der Waals surface area (Å²) < 4.78 is 27.8. The Bertz CT molecular complexity index is 944. The maximum absolute atomic E-state index is 13.2. The molecule has 1 aliphatic rings. The van der Waals surface area contributed by atoms with Crippen molar-refractivity contribution in [2.75, 3.05) is 17.4 Å². The predicted molar refractivity (Wildman–Crippen MR) is 95.2 cm³/mol. The first kappa shape index (κ1) is 17.8. The van der Waals surface area contributed by atoms with Gasteiger partial charge in [0, 0.05) is 18.7 Å². The number of nitrogens with one attached hydrogen (secondary N) is 1. The number of nitriles is 1. The van der Waals surface area contributed by atoms with Gasteiger partial charge >= 0.3 is 0 Å². The Morgan fingerprint density at radius 3 is 2.31 bits per heavy atom. The van der Waals surface area contributed by atoms with Gasteiger partial charge in [-0.05, 0) is 49.4 Å². The normalized spacial score (nSPS) is 16.8. The molecule has 3 rings (SSSR count). The first-order valence-electron chi connectivity index (χ1n) is 7.93. The number of nitro groups is 1. The lowest BCUT2D eigenvalue weighted by molar-refractivity contribution is -0.384. The molecular weight excluding hydrogens is 356 g/mol. The molecule has 0 amide bonds. The molecule has 134 valence electrons. The van der Waals surface area contributed by atoms with Crippen LogP contribution in [0.5, 0.6) is 0 Å². The van der Waals surface area contributed by atoms with E-state index in [2.05, 4.69) is 5.32 Å². The second-order valence-electron chi connectivity index (χ2n) is 5.86. The summed E-state index contributed by atoms with van der Waals surface area (Å²) in [7, 11) is -3.91. The molecule has 1 fully saturated rings. The van der Waals surface area contributed by atoms with Crippen molar-refractivity contribution in [3.8, 4) is 6.07 Å². The number of sulfonamides is 1. The van der Waals surface area contributed by atoms with Gasteiger partial charge in [-0.15, -0.1) is 0 Å². The van der Waals surface area contributed by atoms with Crippen LogP contribution in [-0.2, 0) is 10.0 Å². The Kier molecular flexibility index (Phi) is 4.88. The third-order valence-electron chi connectivity index (χ3n) is 4.22. The minimum atomic E-state index is -3.91. The summed E-state index contributed by atoms with van der Waals surface area (Å²) in [5.74, 6) is 0. The summed E-state index contributed by atoms with van der Waals surface area (Å²) in [6.07, 6.45) is 0.645. The van der Waals surface area contributed by atoms with E-state index < -0.39 is 14.9 Å². The Labute approximate surface area is 150 Å². The highest BCUT2D eigenvalue weighted by Gasteiger charge is 2.33. The van der Waals surface area contributed by atoms with E-state index >= 15 is 0 Å². The molecule has 1 heterocycles.